The molecule has 34 heavy (non-hydrogen) atoms. The smallest absolute Gasteiger partial charge is 0.407 e. The predicted octanol–water partition coefficient (Wildman–Crippen LogP) is 4.07. The maximum absolute atomic E-state index is 13.3. The first-order valence-corrected chi connectivity index (χ1v) is 10.8. The van der Waals surface area contributed by atoms with E-state index in [1.165, 1.54) is 0 Å². The molecule has 1 aliphatic carbocycles. The average Bonchev–Trinajstić information content (AvgIpc) is 3.10. The highest BCUT2D eigenvalue weighted by Crippen LogP contribution is 2.44. The molecule has 182 valence electrons. The number of hydrogen-bond acceptors (Lipinski definition) is 4. The van der Waals surface area contributed by atoms with E-state index >= 15 is 0 Å². The number of carboxylic acid groups (broad SMARTS) is 1. The number of hydrogen-bond donors (Lipinski definition) is 3. The van der Waals surface area contributed by atoms with Crippen molar-refractivity contribution in [2.24, 2.45) is 5.92 Å². The number of alkyl carbamates (subject to hydrolysis) is 1. The van der Waals surface area contributed by atoms with Gasteiger partial charge in [-0.25, -0.2) is 4.79 Å². The van der Waals surface area contributed by atoms with Gasteiger partial charge in [0.1, 0.15) is 12.6 Å². The van der Waals surface area contributed by atoms with Crippen molar-refractivity contribution in [2.45, 2.75) is 37.9 Å². The summed E-state index contributed by atoms with van der Waals surface area (Å²) in [5.41, 5.74) is 4.12. The minimum Gasteiger partial charge on any atom is -0.480 e. The molecule has 2 aromatic rings. The fourth-order valence-corrected chi connectivity index (χ4v) is 3.97. The number of benzene rings is 2. The van der Waals surface area contributed by atoms with Gasteiger partial charge in [-0.05, 0) is 35.6 Å². The van der Waals surface area contributed by atoms with Gasteiger partial charge in [-0.1, -0.05) is 48.5 Å². The van der Waals surface area contributed by atoms with Crippen LogP contribution in [0.3, 0.4) is 0 Å². The van der Waals surface area contributed by atoms with Gasteiger partial charge in [0.15, 0.2) is 0 Å². The normalized spacial score (nSPS) is 14.5. The van der Waals surface area contributed by atoms with E-state index in [1.54, 1.807) is 0 Å². The number of carboxylic acids is 1. The second-order valence-corrected chi connectivity index (χ2v) is 8.11. The zero-order valence-electron chi connectivity index (χ0n) is 18.4. The van der Waals surface area contributed by atoms with Gasteiger partial charge in [-0.2, -0.15) is 13.2 Å². The number of amides is 2. The van der Waals surface area contributed by atoms with E-state index in [1.807, 2.05) is 53.8 Å². The first-order valence-electron chi connectivity index (χ1n) is 10.8. The lowest BCUT2D eigenvalue weighted by atomic mass is 9.98. The molecule has 0 fully saturated rings. The number of ether oxygens (including phenoxy) is 1. The minimum absolute atomic E-state index is 0.0258. The lowest BCUT2D eigenvalue weighted by molar-refractivity contribution is -0.180. The molecule has 0 spiro atoms. The fraction of sp³-hybridized carbons (Fsp3) is 0.375. The van der Waals surface area contributed by atoms with Crippen molar-refractivity contribution in [1.29, 1.82) is 0 Å². The van der Waals surface area contributed by atoms with Crippen molar-refractivity contribution in [3.8, 4) is 11.1 Å². The van der Waals surface area contributed by atoms with Crippen LogP contribution < -0.4 is 10.6 Å². The zero-order chi connectivity index (χ0) is 24.9. The highest BCUT2D eigenvalue weighted by molar-refractivity contribution is 5.83. The third-order valence-electron chi connectivity index (χ3n) is 5.75. The fourth-order valence-electron chi connectivity index (χ4n) is 3.97. The van der Waals surface area contributed by atoms with E-state index in [9.17, 15) is 27.6 Å². The third-order valence-corrected chi connectivity index (χ3v) is 5.75. The average molecular weight is 478 g/mol. The number of carbonyl (C=O) groups is 3. The van der Waals surface area contributed by atoms with Crippen molar-refractivity contribution in [3.63, 3.8) is 0 Å². The molecule has 7 nitrogen and oxygen atoms in total. The lowest BCUT2D eigenvalue weighted by Gasteiger charge is -2.21. The van der Waals surface area contributed by atoms with Crippen LogP contribution in [0.15, 0.2) is 48.5 Å². The molecule has 1 unspecified atom stereocenters. The van der Waals surface area contributed by atoms with Crippen LogP contribution >= 0.6 is 0 Å². The van der Waals surface area contributed by atoms with Crippen LogP contribution in [0.1, 0.15) is 36.8 Å². The number of aliphatic carboxylic acids is 1. The van der Waals surface area contributed by atoms with Crippen molar-refractivity contribution in [1.82, 2.24) is 10.6 Å². The summed E-state index contributed by atoms with van der Waals surface area (Å²) in [6.07, 6.45) is -7.03. The van der Waals surface area contributed by atoms with Crippen LogP contribution in [-0.2, 0) is 14.3 Å². The molecule has 0 bridgehead atoms. The number of rotatable bonds is 9. The molecule has 2 amide bonds. The summed E-state index contributed by atoms with van der Waals surface area (Å²) < 4.78 is 45.2. The quantitative estimate of drug-likeness (QED) is 0.504. The molecule has 0 saturated carbocycles. The van der Waals surface area contributed by atoms with Crippen molar-refractivity contribution < 1.29 is 37.4 Å². The Labute approximate surface area is 194 Å². The summed E-state index contributed by atoms with van der Waals surface area (Å²) in [7, 11) is 0. The topological polar surface area (TPSA) is 105 Å². The molecule has 0 aliphatic heterocycles. The highest BCUT2D eigenvalue weighted by Gasteiger charge is 2.40. The van der Waals surface area contributed by atoms with Gasteiger partial charge in [-0.15, -0.1) is 0 Å². The Morgan fingerprint density at radius 3 is 2.12 bits per heavy atom. The Kier molecular flexibility index (Phi) is 7.80. The first kappa shape index (κ1) is 25.1. The van der Waals surface area contributed by atoms with E-state index in [4.69, 9.17) is 9.84 Å². The monoisotopic (exact) mass is 478 g/mol. The summed E-state index contributed by atoms with van der Waals surface area (Å²) >= 11 is 0. The van der Waals surface area contributed by atoms with Crippen LogP contribution in [0.4, 0.5) is 18.0 Å². The van der Waals surface area contributed by atoms with E-state index in [0.717, 1.165) is 29.2 Å². The van der Waals surface area contributed by atoms with Crippen molar-refractivity contribution in [3.05, 3.63) is 59.7 Å². The minimum atomic E-state index is -4.69. The van der Waals surface area contributed by atoms with Crippen molar-refractivity contribution in [2.75, 3.05) is 13.2 Å². The summed E-state index contributed by atoms with van der Waals surface area (Å²) in [6.45, 7) is 0.822. The maximum atomic E-state index is 13.3. The molecule has 0 heterocycles. The molecule has 0 radical (unpaired) electrons. The molecule has 1 aliphatic rings. The van der Waals surface area contributed by atoms with Gasteiger partial charge in [0.05, 0.1) is 5.92 Å². The lowest BCUT2D eigenvalue weighted by Crippen LogP contribution is -2.41. The van der Waals surface area contributed by atoms with Gasteiger partial charge in [0.2, 0.25) is 5.91 Å². The van der Waals surface area contributed by atoms with E-state index in [2.05, 4.69) is 5.32 Å². The Hall–Kier alpha value is -3.56. The molecule has 2 aromatic carbocycles. The number of halogens is 3. The Bertz CT molecular complexity index is 1010. The summed E-state index contributed by atoms with van der Waals surface area (Å²) in [5.74, 6) is -4.60. The van der Waals surface area contributed by atoms with Gasteiger partial charge in [0.25, 0.3) is 0 Å². The molecular formula is C24H25F3N2O5. The highest BCUT2D eigenvalue weighted by atomic mass is 19.4. The largest absolute Gasteiger partial charge is 0.480 e. The van der Waals surface area contributed by atoms with Crippen molar-refractivity contribution >= 4 is 18.0 Å². The van der Waals surface area contributed by atoms with Gasteiger partial charge < -0.3 is 20.5 Å². The standard InChI is InChI=1S/C24H25F3N2O5/c1-14(22(31)32)29-21(30)12-15(24(25,26)27)10-11-28-23(33)34-13-20-18-8-4-2-6-16(18)17-7-3-5-9-19(17)20/h2-9,14-15,20H,10-13H2,1H3,(H,28,33)(H,29,30)(H,31,32)/t14-,15?/m0/s1. The van der Waals surface area contributed by atoms with E-state index in [0.29, 0.717) is 0 Å². The summed E-state index contributed by atoms with van der Waals surface area (Å²) in [6, 6.07) is 14.2. The molecule has 2 atom stereocenters. The molecule has 3 N–H and O–H groups in total. The predicted molar refractivity (Wildman–Crippen MR) is 117 cm³/mol. The molecule has 0 saturated heterocycles. The molecule has 3 rings (SSSR count). The maximum Gasteiger partial charge on any atom is 0.407 e. The van der Waals surface area contributed by atoms with Crippen LogP contribution in [0.5, 0.6) is 0 Å². The number of alkyl halides is 3. The Morgan fingerprint density at radius 1 is 1.03 bits per heavy atom. The van der Waals surface area contributed by atoms with E-state index < -0.39 is 48.9 Å². The molecule has 10 heteroatoms. The van der Waals surface area contributed by atoms with Crippen LogP contribution in [-0.4, -0.2) is 48.4 Å². The number of nitrogens with one attached hydrogen (secondary N) is 2. The van der Waals surface area contributed by atoms with Crippen LogP contribution in [0, 0.1) is 5.92 Å². The van der Waals surface area contributed by atoms with Crippen LogP contribution in [0.25, 0.3) is 11.1 Å². The van der Waals surface area contributed by atoms with Crippen LogP contribution in [0.2, 0.25) is 0 Å². The van der Waals surface area contributed by atoms with Gasteiger partial charge in [0, 0.05) is 18.9 Å². The first-order chi connectivity index (χ1) is 16.1. The third kappa shape index (κ3) is 6.06. The number of fused-ring (bicyclic) bond motifs is 3. The second kappa shape index (κ2) is 10.6. The summed E-state index contributed by atoms with van der Waals surface area (Å²) in [5, 5.41) is 13.1. The molecular weight excluding hydrogens is 453 g/mol. The van der Waals surface area contributed by atoms with Gasteiger partial charge >= 0.3 is 18.2 Å². The van der Waals surface area contributed by atoms with Gasteiger partial charge in [-0.3, -0.25) is 9.59 Å². The SMILES string of the molecule is C[C@H](NC(=O)CC(CCNC(=O)OCC1c2ccccc2-c2ccccc21)C(F)(F)F)C(=O)O. The Morgan fingerprint density at radius 2 is 1.59 bits per heavy atom. The summed E-state index contributed by atoms with van der Waals surface area (Å²) in [4.78, 5) is 34.7. The Balaban J connectivity index is 1.51. The molecule has 0 aromatic heterocycles. The number of carbonyl (C=O) groups excluding carboxylic acids is 2. The zero-order valence-corrected chi connectivity index (χ0v) is 18.4. The van der Waals surface area contributed by atoms with E-state index in [-0.39, 0.29) is 19.1 Å². The second-order valence-electron chi connectivity index (χ2n) is 8.11.